The molecule has 0 bridgehead atoms. The minimum absolute atomic E-state index is 0.0181. The van der Waals surface area contributed by atoms with E-state index in [0.29, 0.717) is 47.1 Å². The predicted octanol–water partition coefficient (Wildman–Crippen LogP) is 2.81. The zero-order valence-corrected chi connectivity index (χ0v) is 18.2. The van der Waals surface area contributed by atoms with E-state index in [4.69, 9.17) is 9.47 Å². The van der Waals surface area contributed by atoms with Crippen LogP contribution in [-0.4, -0.2) is 39.0 Å². The maximum Gasteiger partial charge on any atom is 0.290 e. The predicted molar refractivity (Wildman–Crippen MR) is 117 cm³/mol. The maximum atomic E-state index is 12.4. The van der Waals surface area contributed by atoms with Gasteiger partial charge in [-0.05, 0) is 56.0 Å². The van der Waals surface area contributed by atoms with Crippen LogP contribution in [0.1, 0.15) is 12.6 Å². The number of hydrogen-bond donors (Lipinski definition) is 2. The highest BCUT2D eigenvalue weighted by Gasteiger charge is 2.54. The first-order valence-electron chi connectivity index (χ1n) is 10.4. The number of ether oxygens (including phenoxy) is 2. The van der Waals surface area contributed by atoms with Gasteiger partial charge < -0.3 is 14.7 Å². The van der Waals surface area contributed by atoms with Gasteiger partial charge in [0.15, 0.2) is 0 Å². The Hall–Kier alpha value is -2.78. The summed E-state index contributed by atoms with van der Waals surface area (Å²) in [5.74, 6) is 2.29. The fraction of sp³-hybridized carbons (Fsp3) is 0.409. The highest BCUT2D eigenvalue weighted by molar-refractivity contribution is 7.92. The number of rotatable bonds is 7. The van der Waals surface area contributed by atoms with Crippen molar-refractivity contribution in [3.8, 4) is 16.9 Å². The summed E-state index contributed by atoms with van der Waals surface area (Å²) in [6, 6.07) is 8.93. The first-order valence-corrected chi connectivity index (χ1v) is 12.1. The standard InChI is InChI=1S/C22H25N3O5S/c1-3-31(27,28)24-14-4-5-21(30-12-20-18-10-29-11-19(18)20)17(9-14)16-8-13(2)25(26)22-15(16)6-7-23-22/h4-9,18-20,23-24H,3,10-12H2,1-2H3. The number of aromatic nitrogens is 2. The van der Waals surface area contributed by atoms with Crippen LogP contribution in [0, 0.1) is 29.9 Å². The zero-order valence-electron chi connectivity index (χ0n) is 17.4. The minimum Gasteiger partial charge on any atom is -0.710 e. The zero-order chi connectivity index (χ0) is 21.8. The monoisotopic (exact) mass is 443 g/mol. The molecule has 3 aromatic rings. The molecule has 2 N–H and O–H groups in total. The number of nitrogens with one attached hydrogen (secondary N) is 2. The smallest absolute Gasteiger partial charge is 0.290 e. The van der Waals surface area contributed by atoms with Crippen LogP contribution in [0.25, 0.3) is 22.2 Å². The summed E-state index contributed by atoms with van der Waals surface area (Å²) in [5.41, 5.74) is 3.00. The first-order chi connectivity index (χ1) is 14.9. The third kappa shape index (κ3) is 3.61. The lowest BCUT2D eigenvalue weighted by atomic mass is 10.0. The van der Waals surface area contributed by atoms with Crippen LogP contribution in [0.3, 0.4) is 0 Å². The normalized spacial score (nSPS) is 22.5. The van der Waals surface area contributed by atoms with Gasteiger partial charge in [-0.1, -0.05) is 0 Å². The maximum absolute atomic E-state index is 12.4. The molecule has 2 fully saturated rings. The molecule has 2 unspecified atom stereocenters. The number of aromatic amines is 1. The number of hydrogen-bond acceptors (Lipinski definition) is 5. The molecule has 0 radical (unpaired) electrons. The van der Waals surface area contributed by atoms with Crippen LogP contribution >= 0.6 is 0 Å². The summed E-state index contributed by atoms with van der Waals surface area (Å²) in [6.45, 7) is 5.53. The molecule has 8 nitrogen and oxygen atoms in total. The Balaban J connectivity index is 1.55. The van der Waals surface area contributed by atoms with E-state index < -0.39 is 10.0 Å². The lowest BCUT2D eigenvalue weighted by Gasteiger charge is -2.17. The number of sulfonamides is 1. The van der Waals surface area contributed by atoms with Crippen molar-refractivity contribution in [2.45, 2.75) is 13.8 Å². The second-order valence-corrected chi connectivity index (χ2v) is 10.3. The second kappa shape index (κ2) is 7.42. The van der Waals surface area contributed by atoms with Gasteiger partial charge in [0.1, 0.15) is 11.4 Å². The molecule has 2 atom stereocenters. The van der Waals surface area contributed by atoms with Crippen molar-refractivity contribution in [2.24, 2.45) is 17.8 Å². The summed E-state index contributed by atoms with van der Waals surface area (Å²) >= 11 is 0. The Kier molecular flexibility index (Phi) is 4.82. The topological polar surface area (TPSA) is 107 Å². The van der Waals surface area contributed by atoms with Crippen LogP contribution in [0.2, 0.25) is 0 Å². The molecule has 1 saturated carbocycles. The van der Waals surface area contributed by atoms with Gasteiger partial charge in [-0.25, -0.2) is 18.1 Å². The van der Waals surface area contributed by atoms with Crippen molar-refractivity contribution >= 4 is 26.7 Å². The van der Waals surface area contributed by atoms with Crippen LogP contribution in [0.15, 0.2) is 36.5 Å². The molecule has 0 amide bonds. The minimum atomic E-state index is -3.42. The van der Waals surface area contributed by atoms with Crippen molar-refractivity contribution in [3.05, 3.63) is 47.4 Å². The summed E-state index contributed by atoms with van der Waals surface area (Å²) in [4.78, 5) is 2.99. The molecule has 1 saturated heterocycles. The van der Waals surface area contributed by atoms with Gasteiger partial charge in [0.2, 0.25) is 10.0 Å². The van der Waals surface area contributed by atoms with E-state index in [-0.39, 0.29) is 5.75 Å². The third-order valence-corrected chi connectivity index (χ3v) is 7.68. The Bertz CT molecular complexity index is 1240. The fourth-order valence-electron chi connectivity index (χ4n) is 4.46. The molecule has 2 aromatic heterocycles. The molecule has 0 spiro atoms. The number of anilines is 1. The number of fused-ring (bicyclic) bond motifs is 2. The Morgan fingerprint density at radius 2 is 2.00 bits per heavy atom. The molecular weight excluding hydrogens is 418 g/mol. The molecule has 1 aromatic carbocycles. The van der Waals surface area contributed by atoms with Crippen LogP contribution in [0.5, 0.6) is 5.75 Å². The molecule has 3 heterocycles. The van der Waals surface area contributed by atoms with Gasteiger partial charge in [0.25, 0.3) is 5.65 Å². The molecule has 9 heteroatoms. The molecule has 1 aliphatic carbocycles. The molecule has 1 aliphatic heterocycles. The van der Waals surface area contributed by atoms with Crippen molar-refractivity contribution in [1.29, 1.82) is 0 Å². The van der Waals surface area contributed by atoms with E-state index in [1.165, 1.54) is 0 Å². The van der Waals surface area contributed by atoms with Crippen LogP contribution in [-0.2, 0) is 14.8 Å². The lowest BCUT2D eigenvalue weighted by molar-refractivity contribution is -0.586. The van der Waals surface area contributed by atoms with Crippen LogP contribution in [0.4, 0.5) is 5.69 Å². The Morgan fingerprint density at radius 1 is 1.23 bits per heavy atom. The van der Waals surface area contributed by atoms with Gasteiger partial charge in [0, 0.05) is 22.7 Å². The average molecular weight is 444 g/mol. The summed E-state index contributed by atoms with van der Waals surface area (Å²) in [5, 5.41) is 13.2. The number of benzene rings is 1. The number of aryl methyl sites for hydroxylation is 1. The molecule has 164 valence electrons. The Morgan fingerprint density at radius 3 is 2.74 bits per heavy atom. The molecular formula is C22H25N3O5S. The summed E-state index contributed by atoms with van der Waals surface area (Å²) in [6.07, 6.45) is 1.72. The van der Waals surface area contributed by atoms with Gasteiger partial charge in [-0.15, -0.1) is 0 Å². The van der Waals surface area contributed by atoms with E-state index >= 15 is 0 Å². The summed E-state index contributed by atoms with van der Waals surface area (Å²) in [7, 11) is -3.42. The number of H-pyrrole nitrogens is 1. The van der Waals surface area contributed by atoms with E-state index in [0.717, 1.165) is 34.5 Å². The average Bonchev–Trinajstić information content (AvgIpc) is 3.12. The molecule has 5 rings (SSSR count). The second-order valence-electron chi connectivity index (χ2n) is 8.29. The van der Waals surface area contributed by atoms with Gasteiger partial charge in [-0.2, -0.15) is 0 Å². The van der Waals surface area contributed by atoms with Gasteiger partial charge in [-0.3, -0.25) is 4.72 Å². The first kappa shape index (κ1) is 20.1. The largest absolute Gasteiger partial charge is 0.710 e. The van der Waals surface area contributed by atoms with E-state index in [2.05, 4.69) is 9.71 Å². The highest BCUT2D eigenvalue weighted by Crippen LogP contribution is 2.51. The van der Waals surface area contributed by atoms with E-state index in [9.17, 15) is 13.6 Å². The van der Waals surface area contributed by atoms with Crippen molar-refractivity contribution in [1.82, 2.24) is 4.98 Å². The van der Waals surface area contributed by atoms with E-state index in [1.54, 1.807) is 38.2 Å². The van der Waals surface area contributed by atoms with Crippen molar-refractivity contribution < 1.29 is 22.6 Å². The van der Waals surface area contributed by atoms with E-state index in [1.807, 2.05) is 12.1 Å². The lowest BCUT2D eigenvalue weighted by Crippen LogP contribution is -2.31. The quantitative estimate of drug-likeness (QED) is 0.431. The van der Waals surface area contributed by atoms with Gasteiger partial charge >= 0.3 is 0 Å². The van der Waals surface area contributed by atoms with Crippen molar-refractivity contribution in [2.75, 3.05) is 30.3 Å². The third-order valence-electron chi connectivity index (χ3n) is 6.38. The molecule has 2 aliphatic rings. The summed E-state index contributed by atoms with van der Waals surface area (Å²) < 4.78 is 39.4. The highest BCUT2D eigenvalue weighted by atomic mass is 32.2. The number of pyridine rings is 1. The van der Waals surface area contributed by atoms with Crippen LogP contribution < -0.4 is 14.2 Å². The Labute approximate surface area is 180 Å². The van der Waals surface area contributed by atoms with Crippen molar-refractivity contribution in [3.63, 3.8) is 0 Å². The SMILES string of the molecule is CCS(=O)(=O)Nc1ccc(OCC2C3COCC32)c(-c2cc(C)[n+]([O-])c3[nH]ccc23)c1. The van der Waals surface area contributed by atoms with Gasteiger partial charge in [0.05, 0.1) is 37.2 Å². The fourth-order valence-corrected chi connectivity index (χ4v) is 5.09. The number of nitrogens with zero attached hydrogens (tertiary/aromatic N) is 1. The molecule has 31 heavy (non-hydrogen) atoms.